The smallest absolute Gasteiger partial charge is 0.341 e. The molecule has 0 spiro atoms. The van der Waals surface area contributed by atoms with Crippen molar-refractivity contribution >= 4 is 28.4 Å². The summed E-state index contributed by atoms with van der Waals surface area (Å²) >= 11 is 0. The number of benzene rings is 2. The maximum absolute atomic E-state index is 13.7. The number of rotatable bonds is 4. The molecule has 7 heteroatoms. The Morgan fingerprint density at radius 3 is 2.57 bits per heavy atom. The summed E-state index contributed by atoms with van der Waals surface area (Å²) in [6.45, 7) is 2.43. The molecular weight excluding hydrogens is 390 g/mol. The van der Waals surface area contributed by atoms with Crippen molar-refractivity contribution in [1.82, 2.24) is 9.88 Å². The largest absolute Gasteiger partial charge is 0.462 e. The number of H-pyrrole nitrogens is 1. The molecule has 154 valence electrons. The fourth-order valence-corrected chi connectivity index (χ4v) is 3.58. The Labute approximate surface area is 171 Å². The number of aromatic amines is 1. The number of nitrogens with zero attached hydrogens (tertiary/aromatic N) is 1. The second-order valence-electron chi connectivity index (χ2n) is 7.10. The van der Waals surface area contributed by atoms with Crippen LogP contribution in [0.2, 0.25) is 0 Å². The fourth-order valence-electron chi connectivity index (χ4n) is 3.58. The van der Waals surface area contributed by atoms with Gasteiger partial charge in [-0.1, -0.05) is 6.92 Å². The quantitative estimate of drug-likeness (QED) is 0.647. The van der Waals surface area contributed by atoms with Crippen LogP contribution in [0.4, 0.5) is 8.78 Å². The Balaban J connectivity index is 1.78. The van der Waals surface area contributed by atoms with Gasteiger partial charge in [-0.25, -0.2) is 13.6 Å². The lowest BCUT2D eigenvalue weighted by Gasteiger charge is -2.18. The monoisotopic (exact) mass is 410 g/mol. The second kappa shape index (κ2) is 8.10. The topological polar surface area (TPSA) is 62.4 Å². The molecule has 0 atom stereocenters. The minimum absolute atomic E-state index is 0.197. The maximum atomic E-state index is 13.7. The molecule has 0 saturated carbocycles. The number of esters is 1. The summed E-state index contributed by atoms with van der Waals surface area (Å²) in [6, 6.07) is 9.64. The van der Waals surface area contributed by atoms with Gasteiger partial charge in [0.25, 0.3) is 5.91 Å². The average Bonchev–Trinajstić information content (AvgIpc) is 2.98. The molecule has 1 aromatic heterocycles. The number of fused-ring (bicyclic) bond motifs is 3. The number of hydrogen-bond donors (Lipinski definition) is 1. The lowest BCUT2D eigenvalue weighted by molar-refractivity contribution is -0.136. The predicted octanol–water partition coefficient (Wildman–Crippen LogP) is 4.44. The zero-order valence-corrected chi connectivity index (χ0v) is 16.4. The van der Waals surface area contributed by atoms with E-state index in [-0.39, 0.29) is 23.9 Å². The van der Waals surface area contributed by atoms with E-state index in [0.717, 1.165) is 10.9 Å². The molecule has 1 aliphatic rings. The summed E-state index contributed by atoms with van der Waals surface area (Å²) in [5.41, 5.74) is 2.42. The SMILES string of the molecule is CCCOC(=O)C1=CN(C(=O)c2ccc(F)cc2)CCc2c1[nH]c1cc(F)ccc21. The molecular formula is C23H20F2N2O3. The van der Waals surface area contributed by atoms with Crippen LogP contribution in [0.25, 0.3) is 16.5 Å². The number of aromatic nitrogens is 1. The number of carbonyl (C=O) groups excluding carboxylic acids is 2. The van der Waals surface area contributed by atoms with Crippen molar-refractivity contribution in [1.29, 1.82) is 0 Å². The van der Waals surface area contributed by atoms with E-state index in [1.165, 1.54) is 47.5 Å². The number of ether oxygens (including phenoxy) is 1. The van der Waals surface area contributed by atoms with Crippen LogP contribution in [-0.2, 0) is 16.0 Å². The summed E-state index contributed by atoms with van der Waals surface area (Å²) in [6.07, 6.45) is 2.57. The Morgan fingerprint density at radius 1 is 1.10 bits per heavy atom. The van der Waals surface area contributed by atoms with Crippen molar-refractivity contribution < 1.29 is 23.1 Å². The Bertz CT molecular complexity index is 1150. The third kappa shape index (κ3) is 3.70. The molecule has 2 aromatic carbocycles. The van der Waals surface area contributed by atoms with E-state index in [1.807, 2.05) is 6.92 Å². The summed E-state index contributed by atoms with van der Waals surface area (Å²) in [5, 5.41) is 0.789. The van der Waals surface area contributed by atoms with Gasteiger partial charge >= 0.3 is 5.97 Å². The van der Waals surface area contributed by atoms with E-state index in [1.54, 1.807) is 6.07 Å². The van der Waals surface area contributed by atoms with Crippen molar-refractivity contribution in [3.63, 3.8) is 0 Å². The van der Waals surface area contributed by atoms with Crippen molar-refractivity contribution in [3.05, 3.63) is 77.1 Å². The highest BCUT2D eigenvalue weighted by Crippen LogP contribution is 2.32. The van der Waals surface area contributed by atoms with Crippen molar-refractivity contribution in [3.8, 4) is 0 Å². The highest BCUT2D eigenvalue weighted by molar-refractivity contribution is 6.18. The van der Waals surface area contributed by atoms with E-state index in [2.05, 4.69) is 4.98 Å². The van der Waals surface area contributed by atoms with Gasteiger partial charge in [0, 0.05) is 29.2 Å². The van der Waals surface area contributed by atoms with E-state index in [4.69, 9.17) is 4.74 Å². The van der Waals surface area contributed by atoms with Crippen molar-refractivity contribution in [2.75, 3.05) is 13.2 Å². The molecule has 1 N–H and O–H groups in total. The van der Waals surface area contributed by atoms with E-state index in [9.17, 15) is 18.4 Å². The normalized spacial score (nSPS) is 13.6. The van der Waals surface area contributed by atoms with Gasteiger partial charge in [0.15, 0.2) is 0 Å². The zero-order valence-electron chi connectivity index (χ0n) is 16.4. The molecule has 1 amide bonds. The third-order valence-corrected chi connectivity index (χ3v) is 5.03. The van der Waals surface area contributed by atoms with E-state index in [0.29, 0.717) is 36.2 Å². The molecule has 3 aromatic rings. The number of nitrogens with one attached hydrogen (secondary N) is 1. The molecule has 0 unspecified atom stereocenters. The van der Waals surface area contributed by atoms with Gasteiger partial charge in [0.1, 0.15) is 11.6 Å². The highest BCUT2D eigenvalue weighted by atomic mass is 19.1. The first-order chi connectivity index (χ1) is 14.5. The van der Waals surface area contributed by atoms with Crippen LogP contribution in [-0.4, -0.2) is 34.9 Å². The molecule has 4 rings (SSSR count). The zero-order chi connectivity index (χ0) is 21.3. The van der Waals surface area contributed by atoms with Crippen LogP contribution in [0.5, 0.6) is 0 Å². The minimum atomic E-state index is -0.566. The Morgan fingerprint density at radius 2 is 1.83 bits per heavy atom. The third-order valence-electron chi connectivity index (χ3n) is 5.03. The van der Waals surface area contributed by atoms with Gasteiger partial charge in [-0.3, -0.25) is 4.79 Å². The number of carbonyl (C=O) groups is 2. The van der Waals surface area contributed by atoms with Crippen LogP contribution in [0, 0.1) is 11.6 Å². The Hall–Kier alpha value is -3.48. The van der Waals surface area contributed by atoms with Gasteiger partial charge in [-0.05, 0) is 60.9 Å². The van der Waals surface area contributed by atoms with Crippen LogP contribution in [0.3, 0.4) is 0 Å². The first-order valence-corrected chi connectivity index (χ1v) is 9.74. The van der Waals surface area contributed by atoms with Crippen LogP contribution < -0.4 is 0 Å². The van der Waals surface area contributed by atoms with Gasteiger partial charge < -0.3 is 14.6 Å². The van der Waals surface area contributed by atoms with Gasteiger partial charge in [0.2, 0.25) is 0 Å². The Kier molecular flexibility index (Phi) is 5.35. The molecule has 1 aliphatic heterocycles. The lowest BCUT2D eigenvalue weighted by atomic mass is 10.0. The molecule has 0 radical (unpaired) electrons. The summed E-state index contributed by atoms with van der Waals surface area (Å²) < 4.78 is 32.2. The molecule has 0 bridgehead atoms. The standard InChI is InChI=1S/C23H20F2N2O3/c1-2-11-30-23(29)19-13-27(22(28)14-3-5-15(24)6-4-14)10-9-18-17-8-7-16(25)12-20(17)26-21(18)19/h3-8,12-13,26H,2,9-11H2,1H3. The number of hydrogen-bond acceptors (Lipinski definition) is 3. The summed E-state index contributed by atoms with van der Waals surface area (Å²) in [4.78, 5) is 30.3. The molecule has 30 heavy (non-hydrogen) atoms. The van der Waals surface area contributed by atoms with Gasteiger partial charge in [-0.2, -0.15) is 0 Å². The molecule has 0 saturated heterocycles. The highest BCUT2D eigenvalue weighted by Gasteiger charge is 2.28. The first kappa shape index (κ1) is 19.8. The van der Waals surface area contributed by atoms with E-state index >= 15 is 0 Å². The molecule has 5 nitrogen and oxygen atoms in total. The predicted molar refractivity (Wildman–Crippen MR) is 109 cm³/mol. The molecule has 0 aliphatic carbocycles. The van der Waals surface area contributed by atoms with Gasteiger partial charge in [0.05, 0.1) is 17.9 Å². The van der Waals surface area contributed by atoms with Gasteiger partial charge in [-0.15, -0.1) is 0 Å². The van der Waals surface area contributed by atoms with Crippen molar-refractivity contribution in [2.24, 2.45) is 0 Å². The van der Waals surface area contributed by atoms with Crippen molar-refractivity contribution in [2.45, 2.75) is 19.8 Å². The van der Waals surface area contributed by atoms with E-state index < -0.39 is 11.8 Å². The summed E-state index contributed by atoms with van der Waals surface area (Å²) in [5.74, 6) is -1.73. The molecule has 2 heterocycles. The average molecular weight is 410 g/mol. The second-order valence-corrected chi connectivity index (χ2v) is 7.10. The minimum Gasteiger partial charge on any atom is -0.462 e. The van der Waals surface area contributed by atoms with Crippen LogP contribution in [0.15, 0.2) is 48.7 Å². The first-order valence-electron chi connectivity index (χ1n) is 9.74. The van der Waals surface area contributed by atoms with Crippen LogP contribution in [0.1, 0.15) is 35.0 Å². The lowest BCUT2D eigenvalue weighted by Crippen LogP contribution is -2.28. The maximum Gasteiger partial charge on any atom is 0.341 e. The van der Waals surface area contributed by atoms with Crippen LogP contribution >= 0.6 is 0 Å². The number of halogens is 2. The summed E-state index contributed by atoms with van der Waals surface area (Å²) in [7, 11) is 0. The number of amides is 1. The fraction of sp³-hybridized carbons (Fsp3) is 0.217. The molecule has 0 fully saturated rings.